The minimum absolute atomic E-state index is 0.186. The molecule has 0 saturated carbocycles. The van der Waals surface area contributed by atoms with Crippen LogP contribution in [-0.2, 0) is 11.9 Å². The van der Waals surface area contributed by atoms with Gasteiger partial charge in [0.25, 0.3) is 0 Å². The smallest absolute Gasteiger partial charge is 0.416 e. The molecule has 0 bridgehead atoms. The standard InChI is InChI=1S/C25H19F3N4O3S3/c1-33-18-10-15(11-19(34-2)21(18)35-3)20-17(12-29)22(38-24-30-7-8-36-24)32-23(31-20)37-13-14-5-4-6-16(9-14)25(26,27)28/h4-11H,13H2,1-3H3. The Bertz CT molecular complexity index is 1450. The highest BCUT2D eigenvalue weighted by Gasteiger charge is 2.30. The summed E-state index contributed by atoms with van der Waals surface area (Å²) >= 11 is 3.75. The molecule has 2 heterocycles. The van der Waals surface area contributed by atoms with E-state index < -0.39 is 11.7 Å². The largest absolute Gasteiger partial charge is 0.493 e. The third kappa shape index (κ3) is 6.15. The molecule has 0 aliphatic rings. The van der Waals surface area contributed by atoms with Crippen LogP contribution in [0, 0.1) is 11.3 Å². The van der Waals surface area contributed by atoms with Gasteiger partial charge in [-0.05, 0) is 35.5 Å². The van der Waals surface area contributed by atoms with Gasteiger partial charge in [0.05, 0.1) is 32.6 Å². The molecule has 0 aliphatic carbocycles. The maximum Gasteiger partial charge on any atom is 0.416 e. The number of alkyl halides is 3. The lowest BCUT2D eigenvalue weighted by Crippen LogP contribution is -2.05. The van der Waals surface area contributed by atoms with Crippen molar-refractivity contribution in [3.8, 4) is 34.6 Å². The van der Waals surface area contributed by atoms with Gasteiger partial charge in [-0.3, -0.25) is 0 Å². The summed E-state index contributed by atoms with van der Waals surface area (Å²) in [7, 11) is 4.44. The van der Waals surface area contributed by atoms with E-state index in [1.54, 1.807) is 29.8 Å². The van der Waals surface area contributed by atoms with Crippen molar-refractivity contribution >= 4 is 34.9 Å². The van der Waals surface area contributed by atoms with E-state index in [0.29, 0.717) is 43.4 Å². The summed E-state index contributed by atoms with van der Waals surface area (Å²) in [5, 5.41) is 12.5. The first-order valence-electron chi connectivity index (χ1n) is 10.8. The number of methoxy groups -OCH3 is 3. The molecular weight excluding hydrogens is 557 g/mol. The van der Waals surface area contributed by atoms with Crippen LogP contribution in [0.4, 0.5) is 13.2 Å². The van der Waals surface area contributed by atoms with Crippen molar-refractivity contribution < 1.29 is 27.4 Å². The average Bonchev–Trinajstić information content (AvgIpc) is 3.43. The summed E-state index contributed by atoms with van der Waals surface area (Å²) in [6.07, 6.45) is -2.80. The number of nitriles is 1. The Kier molecular flexibility index (Phi) is 8.65. The quantitative estimate of drug-likeness (QED) is 0.119. The first-order chi connectivity index (χ1) is 18.3. The van der Waals surface area contributed by atoms with E-state index in [0.717, 1.165) is 23.9 Å². The predicted octanol–water partition coefficient (Wildman–Crippen LogP) is 6.96. The SMILES string of the molecule is COc1cc(-c2nc(SCc3cccc(C(F)(F)F)c3)nc(Sc3nccs3)c2C#N)cc(OC)c1OC. The average molecular weight is 577 g/mol. The minimum Gasteiger partial charge on any atom is -0.493 e. The van der Waals surface area contributed by atoms with Crippen LogP contribution in [0.3, 0.4) is 0 Å². The Balaban J connectivity index is 1.80. The van der Waals surface area contributed by atoms with Crippen LogP contribution in [-0.4, -0.2) is 36.3 Å². The van der Waals surface area contributed by atoms with Gasteiger partial charge < -0.3 is 14.2 Å². The zero-order valence-electron chi connectivity index (χ0n) is 20.2. The zero-order chi connectivity index (χ0) is 27.3. The molecule has 0 saturated heterocycles. The van der Waals surface area contributed by atoms with Gasteiger partial charge in [0, 0.05) is 22.9 Å². The number of halogens is 3. The molecule has 0 amide bonds. The predicted molar refractivity (Wildman–Crippen MR) is 139 cm³/mol. The van der Waals surface area contributed by atoms with E-state index in [1.807, 2.05) is 0 Å². The molecule has 0 N–H and O–H groups in total. The van der Waals surface area contributed by atoms with Crippen molar-refractivity contribution in [2.24, 2.45) is 0 Å². The molecule has 196 valence electrons. The monoisotopic (exact) mass is 576 g/mol. The summed E-state index contributed by atoms with van der Waals surface area (Å²) in [4.78, 5) is 13.4. The fraction of sp³-hybridized carbons (Fsp3) is 0.200. The summed E-state index contributed by atoms with van der Waals surface area (Å²) in [6.45, 7) is 0. The second-order valence-electron chi connectivity index (χ2n) is 7.45. The van der Waals surface area contributed by atoms with Crippen molar-refractivity contribution in [3.05, 3.63) is 64.7 Å². The lowest BCUT2D eigenvalue weighted by molar-refractivity contribution is -0.137. The van der Waals surface area contributed by atoms with Crippen LogP contribution < -0.4 is 14.2 Å². The number of benzene rings is 2. The third-order valence-electron chi connectivity index (χ3n) is 5.12. The van der Waals surface area contributed by atoms with Gasteiger partial charge in [0.15, 0.2) is 21.0 Å². The maximum atomic E-state index is 13.2. The summed E-state index contributed by atoms with van der Waals surface area (Å²) in [5.41, 5.74) is 0.770. The maximum absolute atomic E-state index is 13.2. The van der Waals surface area contributed by atoms with Crippen molar-refractivity contribution in [1.82, 2.24) is 15.0 Å². The molecule has 2 aromatic carbocycles. The fourth-order valence-electron chi connectivity index (χ4n) is 3.42. The second kappa shape index (κ2) is 11.9. The Labute approximate surface area is 229 Å². The molecule has 0 atom stereocenters. The highest BCUT2D eigenvalue weighted by atomic mass is 32.2. The second-order valence-corrected chi connectivity index (χ2v) is 10.5. The number of ether oxygens (including phenoxy) is 3. The van der Waals surface area contributed by atoms with E-state index in [4.69, 9.17) is 14.2 Å². The van der Waals surface area contributed by atoms with Crippen LogP contribution in [0.5, 0.6) is 17.2 Å². The first kappa shape index (κ1) is 27.6. The lowest BCUT2D eigenvalue weighted by Gasteiger charge is -2.15. The molecule has 0 aliphatic heterocycles. The molecule has 2 aromatic heterocycles. The number of rotatable bonds is 9. The molecule has 0 fully saturated rings. The molecular formula is C25H19F3N4O3S3. The van der Waals surface area contributed by atoms with Crippen molar-refractivity contribution in [3.63, 3.8) is 0 Å². The van der Waals surface area contributed by atoms with Crippen LogP contribution in [0.25, 0.3) is 11.3 Å². The number of thiazole rings is 1. The van der Waals surface area contributed by atoms with Gasteiger partial charge in [-0.2, -0.15) is 18.4 Å². The van der Waals surface area contributed by atoms with Crippen LogP contribution in [0.1, 0.15) is 16.7 Å². The summed E-state index contributed by atoms with van der Waals surface area (Å²) < 4.78 is 56.5. The molecule has 0 spiro atoms. The normalized spacial score (nSPS) is 11.2. The topological polar surface area (TPSA) is 90.2 Å². The first-order valence-corrected chi connectivity index (χ1v) is 13.4. The van der Waals surface area contributed by atoms with Crippen LogP contribution >= 0.6 is 34.9 Å². The highest BCUT2D eigenvalue weighted by Crippen LogP contribution is 2.43. The number of aromatic nitrogens is 3. The van der Waals surface area contributed by atoms with E-state index >= 15 is 0 Å². The highest BCUT2D eigenvalue weighted by molar-refractivity contribution is 8.01. The minimum atomic E-state index is -4.44. The van der Waals surface area contributed by atoms with Crippen LogP contribution in [0.2, 0.25) is 0 Å². The Morgan fingerprint density at radius 3 is 2.34 bits per heavy atom. The van der Waals surface area contributed by atoms with Crippen LogP contribution in [0.15, 0.2) is 62.5 Å². The van der Waals surface area contributed by atoms with Crippen molar-refractivity contribution in [2.75, 3.05) is 21.3 Å². The van der Waals surface area contributed by atoms with E-state index in [1.165, 1.54) is 50.5 Å². The van der Waals surface area contributed by atoms with Gasteiger partial charge in [0.1, 0.15) is 16.7 Å². The lowest BCUT2D eigenvalue weighted by atomic mass is 10.1. The van der Waals surface area contributed by atoms with Crippen molar-refractivity contribution in [1.29, 1.82) is 5.26 Å². The fourth-order valence-corrected chi connectivity index (χ4v) is 5.87. The Hall–Kier alpha value is -3.47. The van der Waals surface area contributed by atoms with E-state index in [9.17, 15) is 18.4 Å². The van der Waals surface area contributed by atoms with Gasteiger partial charge in [0.2, 0.25) is 5.75 Å². The van der Waals surface area contributed by atoms with Gasteiger partial charge in [-0.1, -0.05) is 30.0 Å². The summed E-state index contributed by atoms with van der Waals surface area (Å²) in [5.74, 6) is 1.31. The molecule has 38 heavy (non-hydrogen) atoms. The Morgan fingerprint density at radius 2 is 1.76 bits per heavy atom. The van der Waals surface area contributed by atoms with Crippen molar-refractivity contribution in [2.45, 2.75) is 26.5 Å². The Morgan fingerprint density at radius 1 is 1.03 bits per heavy atom. The molecule has 13 heteroatoms. The molecule has 0 radical (unpaired) electrons. The van der Waals surface area contributed by atoms with E-state index in [2.05, 4.69) is 21.0 Å². The molecule has 4 rings (SSSR count). The number of hydrogen-bond donors (Lipinski definition) is 0. The third-order valence-corrected chi connectivity index (χ3v) is 7.91. The molecule has 7 nitrogen and oxygen atoms in total. The van der Waals surface area contributed by atoms with Gasteiger partial charge in [-0.15, -0.1) is 11.3 Å². The van der Waals surface area contributed by atoms with Gasteiger partial charge in [-0.25, -0.2) is 15.0 Å². The van der Waals surface area contributed by atoms with E-state index in [-0.39, 0.29) is 16.5 Å². The number of hydrogen-bond acceptors (Lipinski definition) is 10. The van der Waals surface area contributed by atoms with Gasteiger partial charge >= 0.3 is 6.18 Å². The zero-order valence-corrected chi connectivity index (χ0v) is 22.6. The molecule has 0 unspecified atom stereocenters. The summed E-state index contributed by atoms with van der Waals surface area (Å²) in [6, 6.07) is 10.6. The number of thioether (sulfide) groups is 1. The number of nitrogens with zero attached hydrogens (tertiary/aromatic N) is 4. The molecule has 4 aromatic rings.